The molecule has 0 aliphatic carbocycles. The number of fused-ring (bicyclic) bond motifs is 1. The molecule has 0 aliphatic rings. The third-order valence-corrected chi connectivity index (χ3v) is 3.93. The maximum absolute atomic E-state index is 13.0. The maximum Gasteiger partial charge on any atom is 0.144 e. The molecule has 3 N–H and O–H groups in total. The van der Waals surface area contributed by atoms with Gasteiger partial charge in [0.2, 0.25) is 0 Å². The van der Waals surface area contributed by atoms with Crippen molar-refractivity contribution in [2.45, 2.75) is 20.3 Å². The van der Waals surface area contributed by atoms with Crippen LogP contribution in [0.3, 0.4) is 0 Å². The van der Waals surface area contributed by atoms with Crippen LogP contribution in [0.2, 0.25) is 0 Å². The van der Waals surface area contributed by atoms with Gasteiger partial charge in [-0.15, -0.1) is 0 Å². The number of hydrogen-bond acceptors (Lipinski definition) is 3. The van der Waals surface area contributed by atoms with Gasteiger partial charge >= 0.3 is 0 Å². The fraction of sp³-hybridized carbons (Fsp3) is 0.167. The van der Waals surface area contributed by atoms with Crippen molar-refractivity contribution in [2.24, 2.45) is 5.84 Å². The Balaban J connectivity index is 2.11. The Bertz CT molecular complexity index is 826. The lowest BCUT2D eigenvalue weighted by molar-refractivity contribution is 0.627. The van der Waals surface area contributed by atoms with Crippen molar-refractivity contribution in [1.82, 2.24) is 4.98 Å². The predicted octanol–water partition coefficient (Wildman–Crippen LogP) is 3.87. The predicted molar refractivity (Wildman–Crippen MR) is 88.2 cm³/mol. The van der Waals surface area contributed by atoms with Crippen LogP contribution in [0.25, 0.3) is 10.9 Å². The molecule has 4 heteroatoms. The number of aromatic nitrogens is 1. The molecule has 0 fully saturated rings. The third kappa shape index (κ3) is 2.65. The third-order valence-electron chi connectivity index (χ3n) is 3.93. The minimum Gasteiger partial charge on any atom is -0.308 e. The molecule has 3 nitrogen and oxygen atoms in total. The van der Waals surface area contributed by atoms with E-state index in [0.717, 1.165) is 27.6 Å². The van der Waals surface area contributed by atoms with Crippen molar-refractivity contribution in [3.8, 4) is 0 Å². The van der Waals surface area contributed by atoms with Crippen molar-refractivity contribution in [3.05, 3.63) is 70.5 Å². The van der Waals surface area contributed by atoms with Crippen LogP contribution in [-0.2, 0) is 6.42 Å². The first-order valence-electron chi connectivity index (χ1n) is 7.19. The van der Waals surface area contributed by atoms with Gasteiger partial charge in [-0.05, 0) is 48.7 Å². The summed E-state index contributed by atoms with van der Waals surface area (Å²) in [7, 11) is 0. The van der Waals surface area contributed by atoms with Crippen LogP contribution in [0.15, 0.2) is 42.5 Å². The fourth-order valence-electron chi connectivity index (χ4n) is 2.66. The van der Waals surface area contributed by atoms with Crippen molar-refractivity contribution in [2.75, 3.05) is 5.43 Å². The number of pyridine rings is 1. The van der Waals surface area contributed by atoms with Crippen LogP contribution >= 0.6 is 0 Å². The van der Waals surface area contributed by atoms with E-state index in [1.807, 2.05) is 6.92 Å². The SMILES string of the molecule is Cc1ccc(C)c2nc(NN)c(Cc3ccc(F)cc3)cc12. The van der Waals surface area contributed by atoms with Crippen molar-refractivity contribution >= 4 is 16.7 Å². The van der Waals surface area contributed by atoms with Crippen molar-refractivity contribution in [1.29, 1.82) is 0 Å². The highest BCUT2D eigenvalue weighted by atomic mass is 19.1. The number of nitrogens with zero attached hydrogens (tertiary/aromatic N) is 1. The Hall–Kier alpha value is -2.46. The average Bonchev–Trinajstić information content (AvgIpc) is 2.53. The van der Waals surface area contributed by atoms with Gasteiger partial charge in [-0.2, -0.15) is 0 Å². The van der Waals surface area contributed by atoms with Crippen LogP contribution in [-0.4, -0.2) is 4.98 Å². The summed E-state index contributed by atoms with van der Waals surface area (Å²) in [6.45, 7) is 4.11. The second-order valence-electron chi connectivity index (χ2n) is 5.54. The number of nitrogens with one attached hydrogen (secondary N) is 1. The van der Waals surface area contributed by atoms with E-state index in [0.29, 0.717) is 12.2 Å². The Labute approximate surface area is 129 Å². The minimum atomic E-state index is -0.232. The highest BCUT2D eigenvalue weighted by molar-refractivity contribution is 5.87. The second kappa shape index (κ2) is 5.73. The second-order valence-corrected chi connectivity index (χ2v) is 5.54. The molecule has 22 heavy (non-hydrogen) atoms. The van der Waals surface area contributed by atoms with Crippen molar-refractivity contribution in [3.63, 3.8) is 0 Å². The summed E-state index contributed by atoms with van der Waals surface area (Å²) in [6.07, 6.45) is 0.649. The molecule has 3 aromatic rings. The summed E-state index contributed by atoms with van der Waals surface area (Å²) >= 11 is 0. The van der Waals surface area contributed by atoms with Gasteiger partial charge in [0.25, 0.3) is 0 Å². The van der Waals surface area contributed by atoms with Gasteiger partial charge in [0.15, 0.2) is 0 Å². The van der Waals surface area contributed by atoms with Gasteiger partial charge in [0, 0.05) is 17.4 Å². The molecule has 0 bridgehead atoms. The summed E-state index contributed by atoms with van der Waals surface area (Å²) < 4.78 is 13.0. The Morgan fingerprint density at radius 2 is 1.73 bits per heavy atom. The molecule has 0 saturated heterocycles. The normalized spacial score (nSPS) is 10.9. The Morgan fingerprint density at radius 1 is 1.05 bits per heavy atom. The zero-order valence-corrected chi connectivity index (χ0v) is 12.7. The largest absolute Gasteiger partial charge is 0.308 e. The summed E-state index contributed by atoms with van der Waals surface area (Å²) in [5, 5.41) is 1.12. The summed E-state index contributed by atoms with van der Waals surface area (Å²) in [6, 6.07) is 12.8. The molecular weight excluding hydrogens is 277 g/mol. The number of nitrogen functional groups attached to an aromatic ring is 1. The number of benzene rings is 2. The molecule has 1 heterocycles. The molecule has 0 unspecified atom stereocenters. The number of hydrogen-bond donors (Lipinski definition) is 2. The Morgan fingerprint density at radius 3 is 2.41 bits per heavy atom. The summed E-state index contributed by atoms with van der Waals surface area (Å²) in [5.41, 5.74) is 7.94. The highest BCUT2D eigenvalue weighted by Gasteiger charge is 2.10. The molecule has 2 aromatic carbocycles. The first-order chi connectivity index (χ1) is 10.6. The van der Waals surface area contributed by atoms with Crippen LogP contribution in [0.5, 0.6) is 0 Å². The first-order valence-corrected chi connectivity index (χ1v) is 7.19. The molecule has 3 rings (SSSR count). The highest BCUT2D eigenvalue weighted by Crippen LogP contribution is 2.27. The standard InChI is InChI=1S/C18H18FN3/c1-11-3-4-12(2)17-16(11)10-14(18(21-17)22-20)9-13-5-7-15(19)8-6-13/h3-8,10H,9,20H2,1-2H3,(H,21,22). The fourth-order valence-corrected chi connectivity index (χ4v) is 2.66. The molecule has 112 valence electrons. The topological polar surface area (TPSA) is 50.9 Å². The van der Waals surface area contributed by atoms with E-state index in [4.69, 9.17) is 5.84 Å². The number of nitrogens with two attached hydrogens (primary N) is 1. The van der Waals surface area contributed by atoms with Crippen LogP contribution in [0, 0.1) is 19.7 Å². The molecular formula is C18H18FN3. The number of hydrazine groups is 1. The van der Waals surface area contributed by atoms with Gasteiger partial charge in [-0.25, -0.2) is 15.2 Å². The van der Waals surface area contributed by atoms with E-state index >= 15 is 0 Å². The van der Waals surface area contributed by atoms with E-state index < -0.39 is 0 Å². The van der Waals surface area contributed by atoms with Gasteiger partial charge in [0.1, 0.15) is 11.6 Å². The number of halogens is 1. The van der Waals surface area contributed by atoms with Crippen molar-refractivity contribution < 1.29 is 4.39 Å². The quantitative estimate of drug-likeness (QED) is 0.569. The van der Waals surface area contributed by atoms with Gasteiger partial charge in [0.05, 0.1) is 5.52 Å². The van der Waals surface area contributed by atoms with Crippen LogP contribution in [0.4, 0.5) is 10.2 Å². The van der Waals surface area contributed by atoms with Gasteiger partial charge < -0.3 is 5.43 Å². The molecule has 0 radical (unpaired) electrons. The molecule has 0 atom stereocenters. The molecule has 0 aliphatic heterocycles. The molecule has 1 aromatic heterocycles. The summed E-state index contributed by atoms with van der Waals surface area (Å²) in [5.74, 6) is 6.06. The zero-order chi connectivity index (χ0) is 15.7. The van der Waals surface area contributed by atoms with Crippen LogP contribution < -0.4 is 11.3 Å². The smallest absolute Gasteiger partial charge is 0.144 e. The van der Waals surface area contributed by atoms with Gasteiger partial charge in [-0.3, -0.25) is 0 Å². The average molecular weight is 295 g/mol. The zero-order valence-electron chi connectivity index (χ0n) is 12.7. The lowest BCUT2D eigenvalue weighted by Crippen LogP contribution is -2.12. The lowest BCUT2D eigenvalue weighted by Gasteiger charge is -2.13. The minimum absolute atomic E-state index is 0.232. The lowest BCUT2D eigenvalue weighted by atomic mass is 10.00. The number of rotatable bonds is 3. The molecule has 0 saturated carbocycles. The van der Waals surface area contributed by atoms with E-state index in [9.17, 15) is 4.39 Å². The maximum atomic E-state index is 13.0. The van der Waals surface area contributed by atoms with E-state index in [1.165, 1.54) is 17.7 Å². The van der Waals surface area contributed by atoms with Gasteiger partial charge in [-0.1, -0.05) is 24.3 Å². The molecule has 0 spiro atoms. The monoisotopic (exact) mass is 295 g/mol. The Kier molecular flexibility index (Phi) is 3.77. The number of aryl methyl sites for hydroxylation is 2. The summed E-state index contributed by atoms with van der Waals surface area (Å²) in [4.78, 5) is 4.66. The first kappa shape index (κ1) is 14.5. The van der Waals surface area contributed by atoms with E-state index in [1.54, 1.807) is 12.1 Å². The number of anilines is 1. The van der Waals surface area contributed by atoms with Crippen LogP contribution in [0.1, 0.15) is 22.3 Å². The van der Waals surface area contributed by atoms with E-state index in [2.05, 4.69) is 35.5 Å². The molecule has 0 amide bonds. The van der Waals surface area contributed by atoms with E-state index in [-0.39, 0.29) is 5.82 Å².